The molecule has 0 saturated heterocycles. The van der Waals surface area contributed by atoms with Gasteiger partial charge in [0.1, 0.15) is 11.3 Å². The maximum atomic E-state index is 11.9. The number of aromatic carboxylic acids is 1. The first-order valence-corrected chi connectivity index (χ1v) is 7.61. The number of hydrogen-bond acceptors (Lipinski definition) is 4. The van der Waals surface area contributed by atoms with E-state index in [0.717, 1.165) is 11.1 Å². The molecular formula is C18H17NO5. The first-order chi connectivity index (χ1) is 11.6. The molecule has 0 fully saturated rings. The van der Waals surface area contributed by atoms with Gasteiger partial charge in [0.05, 0.1) is 12.1 Å². The molecule has 0 aliphatic heterocycles. The number of rotatable bonds is 6. The zero-order valence-electron chi connectivity index (χ0n) is 13.2. The lowest BCUT2D eigenvalue weighted by Gasteiger charge is -2.09. The monoisotopic (exact) mass is 327 g/mol. The van der Waals surface area contributed by atoms with E-state index in [9.17, 15) is 9.59 Å². The van der Waals surface area contributed by atoms with E-state index < -0.39 is 11.7 Å². The molecule has 3 aromatic rings. The molecule has 24 heavy (non-hydrogen) atoms. The average molecular weight is 327 g/mol. The fourth-order valence-electron chi connectivity index (χ4n) is 2.56. The molecule has 1 N–H and O–H groups in total. The van der Waals surface area contributed by atoms with Crippen LogP contribution < -0.4 is 10.5 Å². The van der Waals surface area contributed by atoms with Crippen LogP contribution in [0.25, 0.3) is 11.1 Å². The van der Waals surface area contributed by atoms with Gasteiger partial charge in [-0.15, -0.1) is 0 Å². The van der Waals surface area contributed by atoms with Crippen molar-refractivity contribution in [2.45, 2.75) is 19.9 Å². The Morgan fingerprint density at radius 2 is 2.04 bits per heavy atom. The van der Waals surface area contributed by atoms with Crippen LogP contribution in [0.15, 0.2) is 51.7 Å². The molecule has 1 heterocycles. The molecule has 0 saturated carbocycles. The highest BCUT2D eigenvalue weighted by Gasteiger charge is 2.11. The maximum absolute atomic E-state index is 11.9. The SMILES string of the molecule is Cc1ccc2oc(=O)n(CCCOc3ccccc3C(=O)O)c2c1. The summed E-state index contributed by atoms with van der Waals surface area (Å²) in [5.41, 5.74) is 2.48. The third-order valence-electron chi connectivity index (χ3n) is 3.72. The molecule has 3 rings (SSSR count). The summed E-state index contributed by atoms with van der Waals surface area (Å²) in [6.45, 7) is 2.69. The minimum Gasteiger partial charge on any atom is -0.493 e. The molecule has 0 bridgehead atoms. The van der Waals surface area contributed by atoms with Crippen LogP contribution in [0.2, 0.25) is 0 Å². The van der Waals surface area contributed by atoms with Gasteiger partial charge in [-0.1, -0.05) is 18.2 Å². The molecule has 6 nitrogen and oxygen atoms in total. The van der Waals surface area contributed by atoms with Gasteiger partial charge in [-0.25, -0.2) is 9.59 Å². The van der Waals surface area contributed by atoms with Crippen LogP contribution in [0.5, 0.6) is 5.75 Å². The van der Waals surface area contributed by atoms with Crippen molar-refractivity contribution >= 4 is 17.1 Å². The summed E-state index contributed by atoms with van der Waals surface area (Å²) in [4.78, 5) is 23.1. The first-order valence-electron chi connectivity index (χ1n) is 7.61. The van der Waals surface area contributed by atoms with E-state index in [-0.39, 0.29) is 5.56 Å². The number of carboxylic acids is 1. The topological polar surface area (TPSA) is 81.7 Å². The van der Waals surface area contributed by atoms with Crippen molar-refractivity contribution in [3.05, 3.63) is 64.1 Å². The summed E-state index contributed by atoms with van der Waals surface area (Å²) in [6, 6.07) is 12.1. The Kier molecular flexibility index (Phi) is 4.37. The van der Waals surface area contributed by atoms with Crippen molar-refractivity contribution < 1.29 is 19.1 Å². The van der Waals surface area contributed by atoms with Crippen LogP contribution in [0.3, 0.4) is 0 Å². The Morgan fingerprint density at radius 1 is 1.25 bits per heavy atom. The Balaban J connectivity index is 1.68. The Hall–Kier alpha value is -3.02. The predicted molar refractivity (Wildman–Crippen MR) is 88.7 cm³/mol. The number of para-hydroxylation sites is 1. The van der Waals surface area contributed by atoms with Gasteiger partial charge in [-0.3, -0.25) is 4.57 Å². The summed E-state index contributed by atoms with van der Waals surface area (Å²) in [7, 11) is 0. The molecule has 0 aliphatic rings. The summed E-state index contributed by atoms with van der Waals surface area (Å²) >= 11 is 0. The van der Waals surface area contributed by atoms with Crippen LogP contribution in [0.1, 0.15) is 22.3 Å². The molecule has 2 aromatic carbocycles. The van der Waals surface area contributed by atoms with E-state index in [4.69, 9.17) is 14.3 Å². The number of hydrogen-bond donors (Lipinski definition) is 1. The highest BCUT2D eigenvalue weighted by Crippen LogP contribution is 2.18. The van der Waals surface area contributed by atoms with E-state index in [0.29, 0.717) is 30.9 Å². The zero-order chi connectivity index (χ0) is 17.1. The zero-order valence-corrected chi connectivity index (χ0v) is 13.2. The normalized spacial score (nSPS) is 10.9. The van der Waals surface area contributed by atoms with Gasteiger partial charge >= 0.3 is 11.7 Å². The molecule has 0 aliphatic carbocycles. The largest absolute Gasteiger partial charge is 0.493 e. The average Bonchev–Trinajstić information content (AvgIpc) is 2.87. The van der Waals surface area contributed by atoms with Crippen molar-refractivity contribution in [3.63, 3.8) is 0 Å². The highest BCUT2D eigenvalue weighted by molar-refractivity contribution is 5.90. The molecule has 0 amide bonds. The lowest BCUT2D eigenvalue weighted by molar-refractivity contribution is 0.0692. The number of aryl methyl sites for hydroxylation is 2. The Morgan fingerprint density at radius 3 is 2.83 bits per heavy atom. The predicted octanol–water partition coefficient (Wildman–Crippen LogP) is 3.07. The van der Waals surface area contributed by atoms with Crippen molar-refractivity contribution in [1.82, 2.24) is 4.57 Å². The lowest BCUT2D eigenvalue weighted by atomic mass is 10.2. The fraction of sp³-hybridized carbons (Fsp3) is 0.222. The van der Waals surface area contributed by atoms with E-state index in [2.05, 4.69) is 0 Å². The van der Waals surface area contributed by atoms with Crippen LogP contribution in [0.4, 0.5) is 0 Å². The molecule has 0 spiro atoms. The Bertz CT molecular complexity index is 938. The highest BCUT2D eigenvalue weighted by atomic mass is 16.5. The van der Waals surface area contributed by atoms with Gasteiger partial charge in [0, 0.05) is 6.54 Å². The summed E-state index contributed by atoms with van der Waals surface area (Å²) in [5, 5.41) is 9.12. The number of aromatic nitrogens is 1. The van der Waals surface area contributed by atoms with Crippen LogP contribution >= 0.6 is 0 Å². The van der Waals surface area contributed by atoms with Crippen molar-refractivity contribution in [1.29, 1.82) is 0 Å². The molecule has 0 unspecified atom stereocenters. The summed E-state index contributed by atoms with van der Waals surface area (Å²) < 4.78 is 12.3. The smallest absolute Gasteiger partial charge is 0.419 e. The molecule has 0 atom stereocenters. The van der Waals surface area contributed by atoms with E-state index in [1.165, 1.54) is 6.07 Å². The number of carbonyl (C=O) groups is 1. The second-order valence-electron chi connectivity index (χ2n) is 5.49. The second-order valence-corrected chi connectivity index (χ2v) is 5.49. The summed E-state index contributed by atoms with van der Waals surface area (Å²) in [6.07, 6.45) is 0.552. The van der Waals surface area contributed by atoms with E-state index in [1.807, 2.05) is 19.1 Å². The lowest BCUT2D eigenvalue weighted by Crippen LogP contribution is -2.16. The molecule has 124 valence electrons. The first kappa shape index (κ1) is 15.9. The standard InChI is InChI=1S/C18H17NO5/c1-12-7-8-16-14(11-12)19(18(22)24-16)9-4-10-23-15-6-3-2-5-13(15)17(20)21/h2-3,5-8,11H,4,9-10H2,1H3,(H,20,21). The number of ether oxygens (including phenoxy) is 1. The molecule has 0 radical (unpaired) electrons. The maximum Gasteiger partial charge on any atom is 0.419 e. The molecule has 1 aromatic heterocycles. The molecular weight excluding hydrogens is 310 g/mol. The van der Waals surface area contributed by atoms with Crippen molar-refractivity contribution in [2.24, 2.45) is 0 Å². The number of oxazole rings is 1. The minimum absolute atomic E-state index is 0.124. The van der Waals surface area contributed by atoms with Crippen molar-refractivity contribution in [3.8, 4) is 5.75 Å². The van der Waals surface area contributed by atoms with Gasteiger partial charge in [0.25, 0.3) is 0 Å². The minimum atomic E-state index is -1.03. The van der Waals surface area contributed by atoms with Crippen LogP contribution in [-0.4, -0.2) is 22.2 Å². The number of benzene rings is 2. The quantitative estimate of drug-likeness (QED) is 0.704. The Labute approximate surface area is 137 Å². The second kappa shape index (κ2) is 6.62. The number of carboxylic acid groups (broad SMARTS) is 1. The number of nitrogens with zero attached hydrogens (tertiary/aromatic N) is 1. The van der Waals surface area contributed by atoms with E-state index in [1.54, 1.807) is 28.8 Å². The molecule has 6 heteroatoms. The summed E-state index contributed by atoms with van der Waals surface area (Å²) in [5.74, 6) is -1.11. The fourth-order valence-corrected chi connectivity index (χ4v) is 2.56. The van der Waals surface area contributed by atoms with Crippen molar-refractivity contribution in [2.75, 3.05) is 6.61 Å². The third kappa shape index (κ3) is 3.17. The van der Waals surface area contributed by atoms with Gasteiger partial charge in [0.2, 0.25) is 0 Å². The van der Waals surface area contributed by atoms with Crippen LogP contribution in [-0.2, 0) is 6.54 Å². The third-order valence-corrected chi connectivity index (χ3v) is 3.72. The van der Waals surface area contributed by atoms with Crippen LogP contribution in [0, 0.1) is 6.92 Å². The number of fused-ring (bicyclic) bond motifs is 1. The van der Waals surface area contributed by atoms with Gasteiger partial charge < -0.3 is 14.3 Å². The van der Waals surface area contributed by atoms with E-state index >= 15 is 0 Å². The van der Waals surface area contributed by atoms with Gasteiger partial charge in [-0.05, 0) is 43.2 Å². The van der Waals surface area contributed by atoms with Gasteiger partial charge in [0.15, 0.2) is 5.58 Å². The van der Waals surface area contributed by atoms with Gasteiger partial charge in [-0.2, -0.15) is 0 Å².